The largest absolute Gasteiger partial charge is 0.301 e. The molecule has 0 saturated carbocycles. The van der Waals surface area contributed by atoms with Crippen molar-refractivity contribution < 1.29 is 0 Å². The summed E-state index contributed by atoms with van der Waals surface area (Å²) in [5.41, 5.74) is 0. The van der Waals surface area contributed by atoms with E-state index in [1.807, 2.05) is 18.7 Å². The van der Waals surface area contributed by atoms with Gasteiger partial charge in [-0.05, 0) is 46.7 Å². The van der Waals surface area contributed by atoms with Gasteiger partial charge in [-0.15, -0.1) is 0 Å². The molecule has 0 N–H and O–H groups in total. The Morgan fingerprint density at radius 3 is 2.31 bits per heavy atom. The van der Waals surface area contributed by atoms with E-state index in [1.165, 1.54) is 31.8 Å². The maximum absolute atomic E-state index is 4.54. The fourth-order valence-corrected chi connectivity index (χ4v) is 2.56. The molecule has 4 nitrogen and oxygen atoms in total. The van der Waals surface area contributed by atoms with Gasteiger partial charge in [-0.3, -0.25) is 4.68 Å². The van der Waals surface area contributed by atoms with Gasteiger partial charge in [0.05, 0.1) is 0 Å². The van der Waals surface area contributed by atoms with Crippen molar-refractivity contribution in [2.24, 2.45) is 7.05 Å². The molecule has 1 aromatic rings. The van der Waals surface area contributed by atoms with Gasteiger partial charge in [-0.1, -0.05) is 0 Å². The summed E-state index contributed by atoms with van der Waals surface area (Å²) in [6.45, 7) is 8.88. The van der Waals surface area contributed by atoms with Gasteiger partial charge in [-0.25, -0.2) is 4.98 Å². The van der Waals surface area contributed by atoms with Crippen LogP contribution in [-0.2, 0) is 7.05 Å². The third-order valence-electron chi connectivity index (χ3n) is 3.53. The van der Waals surface area contributed by atoms with Gasteiger partial charge in [0, 0.05) is 19.0 Å². The monoisotopic (exact) mass is 222 g/mol. The van der Waals surface area contributed by atoms with Crippen molar-refractivity contribution in [3.63, 3.8) is 0 Å². The molecule has 0 radical (unpaired) electrons. The van der Waals surface area contributed by atoms with E-state index in [0.29, 0.717) is 12.0 Å². The highest BCUT2D eigenvalue weighted by Gasteiger charge is 2.25. The second-order valence-electron chi connectivity index (χ2n) is 5.04. The first-order valence-corrected chi connectivity index (χ1v) is 6.19. The van der Waals surface area contributed by atoms with E-state index in [9.17, 15) is 0 Å². The number of aromatic nitrogens is 3. The number of rotatable bonds is 2. The molecule has 16 heavy (non-hydrogen) atoms. The van der Waals surface area contributed by atoms with E-state index in [2.05, 4.69) is 28.8 Å². The molecule has 0 unspecified atom stereocenters. The molecule has 0 aliphatic carbocycles. The maximum Gasteiger partial charge on any atom is 0.147 e. The first-order chi connectivity index (χ1) is 7.58. The van der Waals surface area contributed by atoms with Crippen molar-refractivity contribution in [2.45, 2.75) is 45.6 Å². The fourth-order valence-electron chi connectivity index (χ4n) is 2.56. The average Bonchev–Trinajstić information content (AvgIpc) is 2.58. The third-order valence-corrected chi connectivity index (χ3v) is 3.53. The van der Waals surface area contributed by atoms with Gasteiger partial charge in [-0.2, -0.15) is 5.10 Å². The number of aryl methyl sites for hydroxylation is 2. The standard InChI is InChI=1S/C12H22N4/c1-9(2)16-7-5-11(6-8-16)12-13-10(3)14-15(12)4/h9,11H,5-8H2,1-4H3. The predicted octanol–water partition coefficient (Wildman–Crippen LogP) is 1.71. The first kappa shape index (κ1) is 11.6. The Kier molecular flexibility index (Phi) is 3.28. The Morgan fingerprint density at radius 1 is 1.25 bits per heavy atom. The van der Waals surface area contributed by atoms with E-state index in [0.717, 1.165) is 5.82 Å². The van der Waals surface area contributed by atoms with Crippen LogP contribution in [0.25, 0.3) is 0 Å². The normalized spacial score (nSPS) is 19.6. The van der Waals surface area contributed by atoms with Crippen molar-refractivity contribution in [3.8, 4) is 0 Å². The number of hydrogen-bond acceptors (Lipinski definition) is 3. The molecule has 1 aromatic heterocycles. The molecule has 90 valence electrons. The van der Waals surface area contributed by atoms with Crippen molar-refractivity contribution in [3.05, 3.63) is 11.6 Å². The van der Waals surface area contributed by atoms with Crippen LogP contribution < -0.4 is 0 Å². The van der Waals surface area contributed by atoms with Gasteiger partial charge in [0.25, 0.3) is 0 Å². The molecule has 2 rings (SSSR count). The van der Waals surface area contributed by atoms with Crippen LogP contribution in [0.3, 0.4) is 0 Å². The summed E-state index contributed by atoms with van der Waals surface area (Å²) in [4.78, 5) is 7.08. The topological polar surface area (TPSA) is 34.0 Å². The van der Waals surface area contributed by atoms with Crippen molar-refractivity contribution in [1.82, 2.24) is 19.7 Å². The smallest absolute Gasteiger partial charge is 0.147 e. The molecule has 4 heteroatoms. The Morgan fingerprint density at radius 2 is 1.88 bits per heavy atom. The molecule has 0 atom stereocenters. The van der Waals surface area contributed by atoms with Crippen LogP contribution >= 0.6 is 0 Å². The molecule has 2 heterocycles. The molecule has 0 bridgehead atoms. The minimum absolute atomic E-state index is 0.598. The Hall–Kier alpha value is -0.900. The molecule has 0 spiro atoms. The SMILES string of the molecule is Cc1nc(C2CCN(C(C)C)CC2)n(C)n1. The van der Waals surface area contributed by atoms with Gasteiger partial charge >= 0.3 is 0 Å². The zero-order valence-electron chi connectivity index (χ0n) is 10.8. The molecular formula is C12H22N4. The highest BCUT2D eigenvalue weighted by Crippen LogP contribution is 2.27. The average molecular weight is 222 g/mol. The molecular weight excluding hydrogens is 200 g/mol. The number of likely N-dealkylation sites (tertiary alicyclic amines) is 1. The number of piperidine rings is 1. The second-order valence-corrected chi connectivity index (χ2v) is 5.04. The lowest BCUT2D eigenvalue weighted by molar-refractivity contribution is 0.168. The van der Waals surface area contributed by atoms with Crippen LogP contribution in [0.5, 0.6) is 0 Å². The minimum atomic E-state index is 0.598. The van der Waals surface area contributed by atoms with Crippen LogP contribution in [0, 0.1) is 6.92 Å². The van der Waals surface area contributed by atoms with E-state index in [1.54, 1.807) is 0 Å². The van der Waals surface area contributed by atoms with Crippen LogP contribution in [0.15, 0.2) is 0 Å². The van der Waals surface area contributed by atoms with Crippen molar-refractivity contribution >= 4 is 0 Å². The van der Waals surface area contributed by atoms with Crippen LogP contribution in [-0.4, -0.2) is 38.8 Å². The van der Waals surface area contributed by atoms with E-state index >= 15 is 0 Å². The summed E-state index contributed by atoms with van der Waals surface area (Å²) in [5, 5.41) is 4.33. The van der Waals surface area contributed by atoms with Gasteiger partial charge in [0.15, 0.2) is 0 Å². The summed E-state index contributed by atoms with van der Waals surface area (Å²) in [6, 6.07) is 0.669. The predicted molar refractivity (Wildman–Crippen MR) is 64.4 cm³/mol. The quantitative estimate of drug-likeness (QED) is 0.764. The van der Waals surface area contributed by atoms with E-state index in [4.69, 9.17) is 0 Å². The lowest BCUT2D eigenvalue weighted by atomic mass is 9.95. The molecule has 1 saturated heterocycles. The van der Waals surface area contributed by atoms with Gasteiger partial charge in [0.2, 0.25) is 0 Å². The summed E-state index contributed by atoms with van der Waals surface area (Å²) >= 11 is 0. The molecule has 0 aromatic carbocycles. The second kappa shape index (κ2) is 4.53. The lowest BCUT2D eigenvalue weighted by Gasteiger charge is -2.34. The Balaban J connectivity index is 2.01. The van der Waals surface area contributed by atoms with E-state index < -0.39 is 0 Å². The van der Waals surface area contributed by atoms with Crippen LogP contribution in [0.2, 0.25) is 0 Å². The fraction of sp³-hybridized carbons (Fsp3) is 0.833. The van der Waals surface area contributed by atoms with Crippen LogP contribution in [0.1, 0.15) is 44.3 Å². The summed E-state index contributed by atoms with van der Waals surface area (Å²) in [5.74, 6) is 2.66. The molecule has 1 fully saturated rings. The highest BCUT2D eigenvalue weighted by molar-refractivity contribution is 5.01. The molecule has 0 amide bonds. The van der Waals surface area contributed by atoms with E-state index in [-0.39, 0.29) is 0 Å². The summed E-state index contributed by atoms with van der Waals surface area (Å²) in [6.07, 6.45) is 2.42. The minimum Gasteiger partial charge on any atom is -0.301 e. The number of hydrogen-bond donors (Lipinski definition) is 0. The van der Waals surface area contributed by atoms with Crippen LogP contribution in [0.4, 0.5) is 0 Å². The van der Waals surface area contributed by atoms with Crippen molar-refractivity contribution in [1.29, 1.82) is 0 Å². The highest BCUT2D eigenvalue weighted by atomic mass is 15.3. The van der Waals surface area contributed by atoms with Crippen molar-refractivity contribution in [2.75, 3.05) is 13.1 Å². The lowest BCUT2D eigenvalue weighted by Crippen LogP contribution is -2.38. The van der Waals surface area contributed by atoms with Gasteiger partial charge in [0.1, 0.15) is 11.6 Å². The Bertz CT molecular complexity index is 348. The van der Waals surface area contributed by atoms with Gasteiger partial charge < -0.3 is 4.90 Å². The maximum atomic E-state index is 4.54. The number of nitrogens with zero attached hydrogens (tertiary/aromatic N) is 4. The zero-order valence-corrected chi connectivity index (χ0v) is 10.8. The molecule has 1 aliphatic rings. The third kappa shape index (κ3) is 2.26. The Labute approximate surface area is 97.7 Å². The molecule has 1 aliphatic heterocycles. The summed E-state index contributed by atoms with van der Waals surface area (Å²) < 4.78 is 1.95. The first-order valence-electron chi connectivity index (χ1n) is 6.19. The zero-order chi connectivity index (χ0) is 11.7. The summed E-state index contributed by atoms with van der Waals surface area (Å²) in [7, 11) is 2.00.